The van der Waals surface area contributed by atoms with Crippen molar-refractivity contribution >= 4 is 16.9 Å². The van der Waals surface area contributed by atoms with Crippen molar-refractivity contribution in [3.05, 3.63) is 58.3 Å². The molecule has 0 radical (unpaired) electrons. The van der Waals surface area contributed by atoms with Crippen LogP contribution in [0.2, 0.25) is 0 Å². The second-order valence-corrected chi connectivity index (χ2v) is 9.45. The lowest BCUT2D eigenvalue weighted by molar-refractivity contribution is -0.246. The van der Waals surface area contributed by atoms with Crippen LogP contribution >= 0.6 is 0 Å². The van der Waals surface area contributed by atoms with Gasteiger partial charge in [-0.3, -0.25) is 4.79 Å². The van der Waals surface area contributed by atoms with Crippen LogP contribution in [-0.2, 0) is 14.2 Å². The highest BCUT2D eigenvalue weighted by atomic mass is 16.7. The summed E-state index contributed by atoms with van der Waals surface area (Å²) in [5.74, 6) is -6.99. The number of phenols is 7. The molecular formula is C28H24O15. The molecule has 15 nitrogen and oxygen atoms in total. The van der Waals surface area contributed by atoms with Crippen molar-refractivity contribution in [3.8, 4) is 57.3 Å². The molecule has 8 N–H and O–H groups in total. The van der Waals surface area contributed by atoms with Crippen LogP contribution in [0.15, 0.2) is 51.7 Å². The van der Waals surface area contributed by atoms with E-state index < -0.39 is 92.9 Å². The van der Waals surface area contributed by atoms with Crippen LogP contribution in [0.1, 0.15) is 10.4 Å². The van der Waals surface area contributed by atoms with E-state index >= 15 is 0 Å². The molecule has 43 heavy (non-hydrogen) atoms. The summed E-state index contributed by atoms with van der Waals surface area (Å²) in [5.41, 5.74) is -1.72. The first kappa shape index (κ1) is 29.1. The summed E-state index contributed by atoms with van der Waals surface area (Å²) in [6, 6.07) is 6.90. The number of rotatable bonds is 6. The Morgan fingerprint density at radius 1 is 0.884 bits per heavy atom. The van der Waals surface area contributed by atoms with Gasteiger partial charge in [0.05, 0.1) is 12.2 Å². The number of aliphatic hydroxyl groups excluding tert-OH is 1. The molecule has 5 rings (SSSR count). The highest BCUT2D eigenvalue weighted by Gasteiger charge is 2.45. The van der Waals surface area contributed by atoms with Crippen LogP contribution in [0.25, 0.3) is 22.3 Å². The van der Waals surface area contributed by atoms with Gasteiger partial charge in [0.1, 0.15) is 34.7 Å². The van der Waals surface area contributed by atoms with Gasteiger partial charge >= 0.3 is 5.97 Å². The van der Waals surface area contributed by atoms with Crippen LogP contribution in [0.5, 0.6) is 46.0 Å². The number of hydrogen-bond donors (Lipinski definition) is 8. The normalized spacial score (nSPS) is 20.1. The molecule has 2 heterocycles. The van der Waals surface area contributed by atoms with Crippen LogP contribution in [0.4, 0.5) is 0 Å². The van der Waals surface area contributed by atoms with Crippen LogP contribution in [0.3, 0.4) is 0 Å². The summed E-state index contributed by atoms with van der Waals surface area (Å²) < 4.78 is 27.8. The lowest BCUT2D eigenvalue weighted by atomic mass is 10.0. The third-order valence-electron chi connectivity index (χ3n) is 6.65. The van der Waals surface area contributed by atoms with Gasteiger partial charge in [0, 0.05) is 24.8 Å². The number of carbonyl (C=O) groups excluding carboxylic acids is 1. The molecule has 3 aromatic carbocycles. The molecule has 0 bridgehead atoms. The number of esters is 1. The predicted molar refractivity (Wildman–Crippen MR) is 142 cm³/mol. The van der Waals surface area contributed by atoms with Gasteiger partial charge in [-0.15, -0.1) is 0 Å². The molecule has 0 amide bonds. The molecule has 4 unspecified atom stereocenters. The number of hydrogen-bond acceptors (Lipinski definition) is 15. The molecule has 0 saturated carbocycles. The molecule has 4 atom stereocenters. The average molecular weight is 600 g/mol. The molecule has 1 aromatic heterocycles. The second kappa shape index (κ2) is 11.1. The van der Waals surface area contributed by atoms with Crippen LogP contribution < -0.4 is 10.2 Å². The Morgan fingerprint density at radius 2 is 1.58 bits per heavy atom. The van der Waals surface area contributed by atoms with Crippen molar-refractivity contribution in [1.82, 2.24) is 0 Å². The average Bonchev–Trinajstić information content (AvgIpc) is 2.95. The van der Waals surface area contributed by atoms with Gasteiger partial charge in [-0.05, 0) is 30.3 Å². The molecule has 1 fully saturated rings. The second-order valence-electron chi connectivity index (χ2n) is 9.45. The zero-order valence-corrected chi connectivity index (χ0v) is 22.0. The molecule has 4 aromatic rings. The predicted octanol–water partition coefficient (Wildman–Crippen LogP) is 1.74. The fourth-order valence-electron chi connectivity index (χ4n) is 4.45. The fourth-order valence-corrected chi connectivity index (χ4v) is 4.45. The first-order chi connectivity index (χ1) is 20.4. The smallest absolute Gasteiger partial charge is 0.339 e. The Hall–Kier alpha value is -5.38. The number of carbonyl (C=O) groups is 1. The first-order valence-electron chi connectivity index (χ1n) is 12.4. The Bertz CT molecular complexity index is 1760. The summed E-state index contributed by atoms with van der Waals surface area (Å²) in [4.78, 5) is 26.6. The number of aromatic hydroxyl groups is 7. The molecule has 1 aliphatic heterocycles. The highest BCUT2D eigenvalue weighted by Crippen LogP contribution is 2.40. The molecule has 0 spiro atoms. The number of benzene rings is 3. The highest BCUT2D eigenvalue weighted by molar-refractivity contribution is 5.91. The van der Waals surface area contributed by atoms with Crippen molar-refractivity contribution in [1.29, 1.82) is 0 Å². The van der Waals surface area contributed by atoms with Gasteiger partial charge in [-0.2, -0.15) is 0 Å². The van der Waals surface area contributed by atoms with Crippen molar-refractivity contribution in [2.24, 2.45) is 0 Å². The number of phenolic OH excluding ortho intramolecular Hbond substituents is 7. The molecule has 0 aliphatic carbocycles. The molecular weight excluding hydrogens is 576 g/mol. The Labute approximate surface area is 240 Å². The zero-order chi connectivity index (χ0) is 31.2. The molecule has 1 saturated heterocycles. The minimum absolute atomic E-state index is 0.0122. The SMILES string of the molecule is COC1COC(Oc2c(-c3ccc(O)c(O)c3)oc3cc(O)cc(O)c3c2=O)C(OC(=O)c2cc(O)c(O)c(O)c2)C1O. The lowest BCUT2D eigenvalue weighted by Crippen LogP contribution is -2.57. The first-order valence-corrected chi connectivity index (χ1v) is 12.4. The molecule has 15 heteroatoms. The van der Waals surface area contributed by atoms with E-state index in [0.29, 0.717) is 0 Å². The number of fused-ring (bicyclic) bond motifs is 1. The van der Waals surface area contributed by atoms with Crippen LogP contribution in [-0.4, -0.2) is 85.1 Å². The van der Waals surface area contributed by atoms with E-state index in [4.69, 9.17) is 23.4 Å². The number of methoxy groups -OCH3 is 1. The third kappa shape index (κ3) is 5.34. The molecule has 1 aliphatic rings. The van der Waals surface area contributed by atoms with E-state index in [9.17, 15) is 50.4 Å². The maximum atomic E-state index is 13.7. The zero-order valence-electron chi connectivity index (χ0n) is 22.0. The number of aliphatic hydroxyl groups is 1. The maximum Gasteiger partial charge on any atom is 0.339 e. The standard InChI is InChI=1S/C28H24O15/c1-39-19-9-40-28(26(22(19)36)42-27(38)11-5-16(33)21(35)17(34)6-11)43-25-23(37)20-15(32)7-12(29)8-18(20)41-24(25)10-2-3-13(30)14(31)4-10/h2-8,19,22,26,28-36H,9H2,1H3. The Kier molecular flexibility index (Phi) is 7.54. The van der Waals surface area contributed by atoms with Crippen LogP contribution in [0, 0.1) is 0 Å². The van der Waals surface area contributed by atoms with Crippen molar-refractivity contribution < 1.29 is 69.0 Å². The summed E-state index contributed by atoms with van der Waals surface area (Å²) in [7, 11) is 1.25. The van der Waals surface area contributed by atoms with E-state index in [0.717, 1.165) is 36.4 Å². The van der Waals surface area contributed by atoms with Gasteiger partial charge < -0.3 is 64.2 Å². The van der Waals surface area contributed by atoms with Gasteiger partial charge in [0.2, 0.25) is 17.5 Å². The quantitative estimate of drug-likeness (QED) is 0.116. The third-order valence-corrected chi connectivity index (χ3v) is 6.65. The minimum atomic E-state index is -1.74. The van der Waals surface area contributed by atoms with Crippen molar-refractivity contribution in [2.45, 2.75) is 24.6 Å². The maximum absolute atomic E-state index is 13.7. The van der Waals surface area contributed by atoms with E-state index in [2.05, 4.69) is 0 Å². The Balaban J connectivity index is 1.61. The summed E-state index contributed by atoms with van der Waals surface area (Å²) >= 11 is 0. The fraction of sp³-hybridized carbons (Fsp3) is 0.214. The summed E-state index contributed by atoms with van der Waals surface area (Å²) in [6.07, 6.45) is -6.14. The topological polar surface area (TPSA) is 246 Å². The molecule has 226 valence electrons. The van der Waals surface area contributed by atoms with E-state index in [1.54, 1.807) is 0 Å². The van der Waals surface area contributed by atoms with E-state index in [1.807, 2.05) is 0 Å². The van der Waals surface area contributed by atoms with E-state index in [1.165, 1.54) is 13.2 Å². The van der Waals surface area contributed by atoms with Gasteiger partial charge in [-0.25, -0.2) is 4.79 Å². The van der Waals surface area contributed by atoms with Gasteiger partial charge in [0.15, 0.2) is 40.6 Å². The monoisotopic (exact) mass is 600 g/mol. The van der Waals surface area contributed by atoms with Gasteiger partial charge in [0.25, 0.3) is 0 Å². The minimum Gasteiger partial charge on any atom is -0.508 e. The van der Waals surface area contributed by atoms with Gasteiger partial charge in [-0.1, -0.05) is 0 Å². The summed E-state index contributed by atoms with van der Waals surface area (Å²) in [6.45, 7) is -0.315. The van der Waals surface area contributed by atoms with Crippen molar-refractivity contribution in [3.63, 3.8) is 0 Å². The Morgan fingerprint density at radius 3 is 2.23 bits per heavy atom. The summed E-state index contributed by atoms with van der Waals surface area (Å²) in [5, 5.41) is 79.9. The van der Waals surface area contributed by atoms with E-state index in [-0.39, 0.29) is 23.5 Å². The van der Waals surface area contributed by atoms with Crippen molar-refractivity contribution in [2.75, 3.05) is 13.7 Å². The largest absolute Gasteiger partial charge is 0.508 e. The lowest BCUT2D eigenvalue weighted by Gasteiger charge is -2.38. The number of ether oxygens (including phenoxy) is 4.